The number of amides is 1. The Labute approximate surface area is 144 Å². The van der Waals surface area contributed by atoms with E-state index in [0.29, 0.717) is 11.3 Å². The topological polar surface area (TPSA) is 54.9 Å². The van der Waals surface area contributed by atoms with Gasteiger partial charge in [-0.25, -0.2) is 0 Å². The SMILES string of the molecule is Cc1cc(C(=O)NC(C)(C)c2ccc(C(C)(C)C)cc2)c(C)nn1. The number of carbonyl (C=O) groups excluding carboxylic acids is 1. The Hall–Kier alpha value is -2.23. The van der Waals surface area contributed by atoms with Crippen LogP contribution < -0.4 is 5.32 Å². The number of hydrogen-bond donors (Lipinski definition) is 1. The molecule has 1 heterocycles. The summed E-state index contributed by atoms with van der Waals surface area (Å²) in [4.78, 5) is 12.7. The van der Waals surface area contributed by atoms with Crippen LogP contribution in [0.3, 0.4) is 0 Å². The first-order chi connectivity index (χ1) is 11.0. The summed E-state index contributed by atoms with van der Waals surface area (Å²) in [6.45, 7) is 14.2. The Morgan fingerprint density at radius 3 is 2.00 bits per heavy atom. The third-order valence-electron chi connectivity index (χ3n) is 4.24. The van der Waals surface area contributed by atoms with E-state index in [1.54, 1.807) is 13.0 Å². The fourth-order valence-electron chi connectivity index (χ4n) is 2.59. The van der Waals surface area contributed by atoms with Crippen LogP contribution in [0.15, 0.2) is 30.3 Å². The summed E-state index contributed by atoms with van der Waals surface area (Å²) in [6.07, 6.45) is 0. The van der Waals surface area contributed by atoms with Gasteiger partial charge in [0.25, 0.3) is 5.91 Å². The van der Waals surface area contributed by atoms with Crippen LogP contribution >= 0.6 is 0 Å². The zero-order valence-corrected chi connectivity index (χ0v) is 15.7. The van der Waals surface area contributed by atoms with Crippen LogP contribution in [-0.2, 0) is 11.0 Å². The van der Waals surface area contributed by atoms with Gasteiger partial charge in [-0.05, 0) is 50.3 Å². The zero-order valence-electron chi connectivity index (χ0n) is 15.7. The molecule has 0 unspecified atom stereocenters. The van der Waals surface area contributed by atoms with Gasteiger partial charge in [0.2, 0.25) is 0 Å². The van der Waals surface area contributed by atoms with Gasteiger partial charge in [0.05, 0.1) is 22.5 Å². The number of aryl methyl sites for hydroxylation is 2. The monoisotopic (exact) mass is 325 g/mol. The molecule has 2 rings (SSSR count). The number of aromatic nitrogens is 2. The Morgan fingerprint density at radius 1 is 0.917 bits per heavy atom. The molecule has 4 nitrogen and oxygen atoms in total. The molecule has 1 aromatic carbocycles. The van der Waals surface area contributed by atoms with Crippen LogP contribution in [0.25, 0.3) is 0 Å². The molecular formula is C20H27N3O. The molecule has 0 fully saturated rings. The molecule has 0 saturated carbocycles. The lowest BCUT2D eigenvalue weighted by Gasteiger charge is -2.28. The third-order valence-corrected chi connectivity index (χ3v) is 4.24. The van der Waals surface area contributed by atoms with Crippen molar-refractivity contribution in [1.29, 1.82) is 0 Å². The number of nitrogens with zero attached hydrogens (tertiary/aromatic N) is 2. The molecule has 0 aliphatic heterocycles. The molecule has 1 amide bonds. The van der Waals surface area contributed by atoms with Crippen molar-refractivity contribution in [2.24, 2.45) is 0 Å². The molecule has 0 radical (unpaired) electrons. The lowest BCUT2D eigenvalue weighted by Crippen LogP contribution is -2.41. The highest BCUT2D eigenvalue weighted by molar-refractivity contribution is 5.95. The summed E-state index contributed by atoms with van der Waals surface area (Å²) in [5, 5.41) is 11.1. The first-order valence-electron chi connectivity index (χ1n) is 8.25. The molecule has 0 atom stereocenters. The van der Waals surface area contributed by atoms with Gasteiger partial charge >= 0.3 is 0 Å². The molecule has 0 aliphatic carbocycles. The van der Waals surface area contributed by atoms with Crippen molar-refractivity contribution < 1.29 is 4.79 Å². The second-order valence-electron chi connectivity index (χ2n) is 7.89. The number of benzene rings is 1. The highest BCUT2D eigenvalue weighted by Crippen LogP contribution is 2.26. The van der Waals surface area contributed by atoms with Gasteiger partial charge in [-0.3, -0.25) is 4.79 Å². The Balaban J connectivity index is 2.24. The predicted octanol–water partition coefficient (Wildman–Crippen LogP) is 4.06. The molecule has 0 spiro atoms. The molecule has 0 aliphatic rings. The highest BCUT2D eigenvalue weighted by atomic mass is 16.1. The number of hydrogen-bond acceptors (Lipinski definition) is 3. The van der Waals surface area contributed by atoms with Crippen LogP contribution in [0, 0.1) is 13.8 Å². The fourth-order valence-corrected chi connectivity index (χ4v) is 2.59. The van der Waals surface area contributed by atoms with Gasteiger partial charge in [-0.1, -0.05) is 45.0 Å². The maximum Gasteiger partial charge on any atom is 0.253 e. The van der Waals surface area contributed by atoms with E-state index in [9.17, 15) is 4.79 Å². The van der Waals surface area contributed by atoms with E-state index in [0.717, 1.165) is 11.3 Å². The van der Waals surface area contributed by atoms with E-state index in [4.69, 9.17) is 0 Å². The van der Waals surface area contributed by atoms with Gasteiger partial charge in [-0.15, -0.1) is 0 Å². The van der Waals surface area contributed by atoms with Crippen molar-refractivity contribution in [3.8, 4) is 0 Å². The average Bonchev–Trinajstić information content (AvgIpc) is 2.48. The maximum absolute atomic E-state index is 12.7. The largest absolute Gasteiger partial charge is 0.343 e. The minimum absolute atomic E-state index is 0.114. The molecule has 128 valence electrons. The molecule has 1 N–H and O–H groups in total. The first kappa shape index (κ1) is 18.1. The minimum Gasteiger partial charge on any atom is -0.343 e. The lowest BCUT2D eigenvalue weighted by atomic mass is 9.84. The fraction of sp³-hybridized carbons (Fsp3) is 0.450. The van der Waals surface area contributed by atoms with E-state index in [-0.39, 0.29) is 11.3 Å². The normalized spacial score (nSPS) is 12.1. The first-order valence-corrected chi connectivity index (χ1v) is 8.25. The Kier molecular flexibility index (Phi) is 4.79. The van der Waals surface area contributed by atoms with Gasteiger partial charge < -0.3 is 5.32 Å². The molecule has 1 aromatic heterocycles. The molecular weight excluding hydrogens is 298 g/mol. The van der Waals surface area contributed by atoms with Crippen LogP contribution in [0.2, 0.25) is 0 Å². The summed E-state index contributed by atoms with van der Waals surface area (Å²) in [5.74, 6) is -0.129. The van der Waals surface area contributed by atoms with Crippen molar-refractivity contribution in [2.75, 3.05) is 0 Å². The van der Waals surface area contributed by atoms with E-state index in [1.165, 1.54) is 5.56 Å². The van der Waals surface area contributed by atoms with Gasteiger partial charge in [0.15, 0.2) is 0 Å². The standard InChI is InChI=1S/C20H27N3O/c1-13-12-17(14(2)23-22-13)18(24)21-20(6,7)16-10-8-15(9-11-16)19(3,4)5/h8-12H,1-7H3,(H,21,24). The molecule has 2 aromatic rings. The highest BCUT2D eigenvalue weighted by Gasteiger charge is 2.25. The van der Waals surface area contributed by atoms with Crippen molar-refractivity contribution in [2.45, 2.75) is 59.4 Å². The predicted molar refractivity (Wildman–Crippen MR) is 97.1 cm³/mol. The van der Waals surface area contributed by atoms with E-state index < -0.39 is 5.54 Å². The average molecular weight is 325 g/mol. The second kappa shape index (κ2) is 6.34. The summed E-state index contributed by atoms with van der Waals surface area (Å²) in [6, 6.07) is 10.2. The number of rotatable bonds is 3. The van der Waals surface area contributed by atoms with Crippen LogP contribution in [-0.4, -0.2) is 16.1 Å². The Morgan fingerprint density at radius 2 is 1.46 bits per heavy atom. The van der Waals surface area contributed by atoms with Crippen molar-refractivity contribution in [1.82, 2.24) is 15.5 Å². The van der Waals surface area contributed by atoms with E-state index >= 15 is 0 Å². The zero-order chi connectivity index (χ0) is 18.1. The van der Waals surface area contributed by atoms with Crippen molar-refractivity contribution >= 4 is 5.91 Å². The summed E-state index contributed by atoms with van der Waals surface area (Å²) >= 11 is 0. The number of carbonyl (C=O) groups is 1. The van der Waals surface area contributed by atoms with E-state index in [2.05, 4.69) is 60.6 Å². The van der Waals surface area contributed by atoms with Crippen molar-refractivity contribution in [3.05, 3.63) is 58.4 Å². The summed E-state index contributed by atoms with van der Waals surface area (Å²) in [7, 11) is 0. The van der Waals surface area contributed by atoms with Gasteiger partial charge in [0, 0.05) is 0 Å². The maximum atomic E-state index is 12.7. The molecule has 0 saturated heterocycles. The van der Waals surface area contributed by atoms with Crippen molar-refractivity contribution in [3.63, 3.8) is 0 Å². The number of nitrogens with one attached hydrogen (secondary N) is 1. The summed E-state index contributed by atoms with van der Waals surface area (Å²) in [5.41, 5.74) is 3.93. The smallest absolute Gasteiger partial charge is 0.253 e. The van der Waals surface area contributed by atoms with Crippen LogP contribution in [0.1, 0.15) is 67.5 Å². The molecule has 0 bridgehead atoms. The quantitative estimate of drug-likeness (QED) is 0.926. The van der Waals surface area contributed by atoms with Crippen LogP contribution in [0.4, 0.5) is 0 Å². The van der Waals surface area contributed by atoms with Gasteiger partial charge in [0.1, 0.15) is 0 Å². The minimum atomic E-state index is -0.475. The van der Waals surface area contributed by atoms with E-state index in [1.807, 2.05) is 20.8 Å². The molecule has 4 heteroatoms. The third kappa shape index (κ3) is 3.99. The lowest BCUT2D eigenvalue weighted by molar-refractivity contribution is 0.0910. The second-order valence-corrected chi connectivity index (χ2v) is 7.89. The van der Waals surface area contributed by atoms with Crippen LogP contribution in [0.5, 0.6) is 0 Å². The van der Waals surface area contributed by atoms with Gasteiger partial charge in [-0.2, -0.15) is 10.2 Å². The molecule has 24 heavy (non-hydrogen) atoms. The summed E-state index contributed by atoms with van der Waals surface area (Å²) < 4.78 is 0. The Bertz CT molecular complexity index is 740.